The van der Waals surface area contributed by atoms with Crippen LogP contribution in [0.1, 0.15) is 51.0 Å². The molecule has 0 aliphatic carbocycles. The van der Waals surface area contributed by atoms with Gasteiger partial charge in [-0.25, -0.2) is 0 Å². The van der Waals surface area contributed by atoms with Gasteiger partial charge in [-0.3, -0.25) is 4.79 Å². The normalized spacial score (nSPS) is 18.4. The SMILES string of the molecule is CC1CCN(CCCCNCC2CCN(C(=O)Cc3cccc4ccccc34)CC2)CC1.Cl. The summed E-state index contributed by atoms with van der Waals surface area (Å²) in [6, 6.07) is 14.7. The van der Waals surface area contributed by atoms with Gasteiger partial charge in [0, 0.05) is 13.1 Å². The minimum Gasteiger partial charge on any atom is -0.342 e. The highest BCUT2D eigenvalue weighted by Gasteiger charge is 2.23. The predicted molar refractivity (Wildman–Crippen MR) is 141 cm³/mol. The fourth-order valence-corrected chi connectivity index (χ4v) is 5.29. The third-order valence-corrected chi connectivity index (χ3v) is 7.58. The number of amides is 1. The Bertz CT molecular complexity index is 852. The first-order chi connectivity index (χ1) is 15.7. The van der Waals surface area contributed by atoms with Crippen LogP contribution in [-0.2, 0) is 11.2 Å². The largest absolute Gasteiger partial charge is 0.342 e. The lowest BCUT2D eigenvalue weighted by Crippen LogP contribution is -2.41. The van der Waals surface area contributed by atoms with Gasteiger partial charge in [-0.15, -0.1) is 12.4 Å². The van der Waals surface area contributed by atoms with Crippen molar-refractivity contribution in [3.8, 4) is 0 Å². The molecule has 0 atom stereocenters. The maximum atomic E-state index is 12.9. The summed E-state index contributed by atoms with van der Waals surface area (Å²) < 4.78 is 0. The fourth-order valence-electron chi connectivity index (χ4n) is 5.29. The summed E-state index contributed by atoms with van der Waals surface area (Å²) in [5.41, 5.74) is 1.15. The zero-order valence-electron chi connectivity index (χ0n) is 20.3. The summed E-state index contributed by atoms with van der Waals surface area (Å²) >= 11 is 0. The van der Waals surface area contributed by atoms with Crippen LogP contribution in [0.5, 0.6) is 0 Å². The van der Waals surface area contributed by atoms with Crippen molar-refractivity contribution in [1.29, 1.82) is 0 Å². The number of likely N-dealkylation sites (tertiary alicyclic amines) is 2. The van der Waals surface area contributed by atoms with Gasteiger partial charge < -0.3 is 15.1 Å². The lowest BCUT2D eigenvalue weighted by atomic mass is 9.95. The van der Waals surface area contributed by atoms with Crippen LogP contribution >= 0.6 is 12.4 Å². The molecule has 2 saturated heterocycles. The molecular weight excluding hydrogens is 430 g/mol. The van der Waals surface area contributed by atoms with Gasteiger partial charge in [0.15, 0.2) is 0 Å². The van der Waals surface area contributed by atoms with E-state index in [-0.39, 0.29) is 18.3 Å². The number of nitrogens with zero attached hydrogens (tertiary/aromatic N) is 2. The summed E-state index contributed by atoms with van der Waals surface area (Å²) in [5.74, 6) is 1.91. The lowest BCUT2D eigenvalue weighted by molar-refractivity contribution is -0.131. The summed E-state index contributed by atoms with van der Waals surface area (Å²) in [7, 11) is 0. The number of benzene rings is 2. The summed E-state index contributed by atoms with van der Waals surface area (Å²) in [4.78, 5) is 17.6. The summed E-state index contributed by atoms with van der Waals surface area (Å²) in [6.07, 6.45) is 8.10. The van der Waals surface area contributed by atoms with E-state index >= 15 is 0 Å². The highest BCUT2D eigenvalue weighted by molar-refractivity contribution is 5.90. The molecule has 2 heterocycles. The molecular formula is C28H42ClN3O. The van der Waals surface area contributed by atoms with E-state index in [1.807, 2.05) is 0 Å². The zero-order chi connectivity index (χ0) is 22.2. The molecule has 0 spiro atoms. The Kier molecular flexibility index (Phi) is 10.5. The molecule has 0 saturated carbocycles. The van der Waals surface area contributed by atoms with Gasteiger partial charge in [-0.2, -0.15) is 0 Å². The second-order valence-electron chi connectivity index (χ2n) is 10.1. The molecule has 0 unspecified atom stereocenters. The van der Waals surface area contributed by atoms with E-state index in [1.165, 1.54) is 56.1 Å². The van der Waals surface area contributed by atoms with Crippen LogP contribution < -0.4 is 5.32 Å². The van der Waals surface area contributed by atoms with Crippen molar-refractivity contribution in [3.05, 3.63) is 48.0 Å². The third kappa shape index (κ3) is 7.70. The Morgan fingerprint density at radius 3 is 2.45 bits per heavy atom. The minimum absolute atomic E-state index is 0. The van der Waals surface area contributed by atoms with Gasteiger partial charge in [-0.1, -0.05) is 49.4 Å². The van der Waals surface area contributed by atoms with Gasteiger partial charge in [0.05, 0.1) is 6.42 Å². The molecule has 182 valence electrons. The first-order valence-corrected chi connectivity index (χ1v) is 12.9. The van der Waals surface area contributed by atoms with Gasteiger partial charge in [0.1, 0.15) is 0 Å². The van der Waals surface area contributed by atoms with Crippen molar-refractivity contribution in [2.24, 2.45) is 11.8 Å². The number of piperidine rings is 2. The Morgan fingerprint density at radius 2 is 1.67 bits per heavy atom. The lowest BCUT2D eigenvalue weighted by Gasteiger charge is -2.32. The topological polar surface area (TPSA) is 35.6 Å². The smallest absolute Gasteiger partial charge is 0.227 e. The molecule has 2 fully saturated rings. The van der Waals surface area contributed by atoms with E-state index in [1.54, 1.807) is 0 Å². The number of nitrogens with one attached hydrogen (secondary N) is 1. The highest BCUT2D eigenvalue weighted by Crippen LogP contribution is 2.22. The van der Waals surface area contributed by atoms with Crippen molar-refractivity contribution in [2.45, 2.75) is 51.9 Å². The van der Waals surface area contributed by atoms with Gasteiger partial charge in [-0.05, 0) is 99.4 Å². The predicted octanol–water partition coefficient (Wildman–Crippen LogP) is 5.14. The number of carbonyl (C=O) groups excluding carboxylic acids is 1. The van der Waals surface area contributed by atoms with E-state index in [9.17, 15) is 4.79 Å². The van der Waals surface area contributed by atoms with Crippen LogP contribution in [0.4, 0.5) is 0 Å². The average molecular weight is 472 g/mol. The third-order valence-electron chi connectivity index (χ3n) is 7.58. The van der Waals surface area contributed by atoms with Crippen LogP contribution in [0.15, 0.2) is 42.5 Å². The second-order valence-corrected chi connectivity index (χ2v) is 10.1. The Morgan fingerprint density at radius 1 is 0.939 bits per heavy atom. The molecule has 1 amide bonds. The quantitative estimate of drug-likeness (QED) is 0.514. The van der Waals surface area contributed by atoms with Crippen molar-refractivity contribution in [1.82, 2.24) is 15.1 Å². The van der Waals surface area contributed by atoms with E-state index in [2.05, 4.69) is 64.5 Å². The number of carbonyl (C=O) groups is 1. The van der Waals surface area contributed by atoms with Crippen molar-refractivity contribution < 1.29 is 4.79 Å². The molecule has 4 rings (SSSR count). The van der Waals surface area contributed by atoms with E-state index in [0.29, 0.717) is 12.3 Å². The molecule has 33 heavy (non-hydrogen) atoms. The van der Waals surface area contributed by atoms with Crippen LogP contribution in [-0.4, -0.2) is 61.5 Å². The fraction of sp³-hybridized carbons (Fsp3) is 0.607. The second kappa shape index (κ2) is 13.3. The van der Waals surface area contributed by atoms with Crippen molar-refractivity contribution in [2.75, 3.05) is 45.8 Å². The Labute approximate surface area is 206 Å². The maximum Gasteiger partial charge on any atom is 0.227 e. The molecule has 2 aromatic rings. The van der Waals surface area contributed by atoms with Crippen molar-refractivity contribution in [3.63, 3.8) is 0 Å². The first kappa shape index (κ1) is 26.0. The molecule has 2 aromatic carbocycles. The average Bonchev–Trinajstić information content (AvgIpc) is 2.83. The summed E-state index contributed by atoms with van der Waals surface area (Å²) in [6.45, 7) is 10.3. The Balaban J connectivity index is 0.00000306. The van der Waals surface area contributed by atoms with Crippen LogP contribution in [0.3, 0.4) is 0 Å². The maximum absolute atomic E-state index is 12.9. The number of hydrogen-bond donors (Lipinski definition) is 1. The van der Waals surface area contributed by atoms with Crippen LogP contribution in [0.25, 0.3) is 10.8 Å². The van der Waals surface area contributed by atoms with Crippen molar-refractivity contribution >= 4 is 29.1 Å². The van der Waals surface area contributed by atoms with E-state index in [0.717, 1.165) is 50.5 Å². The monoisotopic (exact) mass is 471 g/mol. The zero-order valence-corrected chi connectivity index (χ0v) is 21.1. The number of hydrogen-bond acceptors (Lipinski definition) is 3. The van der Waals surface area contributed by atoms with E-state index in [4.69, 9.17) is 0 Å². The number of unbranched alkanes of at least 4 members (excludes halogenated alkanes) is 1. The molecule has 2 aliphatic heterocycles. The molecule has 0 bridgehead atoms. The molecule has 0 aromatic heterocycles. The molecule has 4 nitrogen and oxygen atoms in total. The molecule has 1 N–H and O–H groups in total. The molecule has 0 radical (unpaired) electrons. The molecule has 5 heteroatoms. The number of rotatable bonds is 9. The Hall–Kier alpha value is -1.62. The van der Waals surface area contributed by atoms with E-state index < -0.39 is 0 Å². The first-order valence-electron chi connectivity index (χ1n) is 12.9. The molecule has 2 aliphatic rings. The standard InChI is InChI=1S/C28H41N3O.ClH/c1-23-11-17-30(18-12-23)16-5-4-15-29-22-24-13-19-31(20-14-24)28(32)21-26-9-6-8-25-7-2-3-10-27(25)26;/h2-3,6-10,23-24,29H,4-5,11-22H2,1H3;1H. The van der Waals surface area contributed by atoms with Gasteiger partial charge in [0.25, 0.3) is 0 Å². The number of halogens is 1. The van der Waals surface area contributed by atoms with Crippen LogP contribution in [0, 0.1) is 11.8 Å². The van der Waals surface area contributed by atoms with Gasteiger partial charge in [0.2, 0.25) is 5.91 Å². The van der Waals surface area contributed by atoms with Crippen LogP contribution in [0.2, 0.25) is 0 Å². The number of fused-ring (bicyclic) bond motifs is 1. The minimum atomic E-state index is 0. The summed E-state index contributed by atoms with van der Waals surface area (Å²) in [5, 5.41) is 6.10. The van der Waals surface area contributed by atoms with Gasteiger partial charge >= 0.3 is 0 Å². The highest BCUT2D eigenvalue weighted by atomic mass is 35.5.